The van der Waals surface area contributed by atoms with Crippen LogP contribution in [0.5, 0.6) is 0 Å². The van der Waals surface area contributed by atoms with E-state index in [-0.39, 0.29) is 6.10 Å². The van der Waals surface area contributed by atoms with Gasteiger partial charge in [-0.1, -0.05) is 30.3 Å². The number of hydrogen-bond acceptors (Lipinski definition) is 6. The molecule has 1 unspecified atom stereocenters. The van der Waals surface area contributed by atoms with Crippen molar-refractivity contribution in [3.8, 4) is 11.1 Å². The average Bonchev–Trinajstić information content (AvgIpc) is 3.50. The van der Waals surface area contributed by atoms with Crippen LogP contribution in [0, 0.1) is 0 Å². The van der Waals surface area contributed by atoms with Crippen LogP contribution in [0.15, 0.2) is 64.9 Å². The number of anilines is 1. The first-order valence-electron chi connectivity index (χ1n) is 9.55. The van der Waals surface area contributed by atoms with E-state index in [0.29, 0.717) is 6.54 Å². The quantitative estimate of drug-likeness (QED) is 0.456. The molecule has 0 saturated carbocycles. The minimum atomic E-state index is 0.221. The van der Waals surface area contributed by atoms with Gasteiger partial charge in [0.05, 0.1) is 24.3 Å². The number of fused-ring (bicyclic) bond motifs is 1. The van der Waals surface area contributed by atoms with E-state index in [4.69, 9.17) is 14.1 Å². The zero-order valence-electron chi connectivity index (χ0n) is 15.5. The summed E-state index contributed by atoms with van der Waals surface area (Å²) in [5.41, 5.74) is 2.35. The third-order valence-electron chi connectivity index (χ3n) is 5.11. The number of rotatable bonds is 6. The molecule has 1 aliphatic rings. The number of ether oxygens (including phenoxy) is 1. The molecule has 142 valence electrons. The van der Waals surface area contributed by atoms with Crippen molar-refractivity contribution in [3.05, 3.63) is 66.2 Å². The Labute approximate surface area is 167 Å². The molecule has 0 bridgehead atoms. The van der Waals surface area contributed by atoms with Gasteiger partial charge < -0.3 is 14.1 Å². The number of nitrogens with zero attached hydrogens (tertiary/aromatic N) is 3. The van der Waals surface area contributed by atoms with Gasteiger partial charge in [0.2, 0.25) is 0 Å². The normalized spacial score (nSPS) is 16.6. The van der Waals surface area contributed by atoms with Crippen LogP contribution in [0.2, 0.25) is 0 Å². The van der Waals surface area contributed by atoms with Crippen molar-refractivity contribution in [2.45, 2.75) is 25.5 Å². The van der Waals surface area contributed by atoms with Gasteiger partial charge in [0, 0.05) is 24.1 Å². The Hall–Kier alpha value is -2.70. The summed E-state index contributed by atoms with van der Waals surface area (Å²) in [5, 5.41) is 3.28. The fraction of sp³-hybridized carbons (Fsp3) is 0.273. The third kappa shape index (κ3) is 3.41. The highest BCUT2D eigenvalue weighted by atomic mass is 32.1. The van der Waals surface area contributed by atoms with Crippen molar-refractivity contribution in [2.75, 3.05) is 18.1 Å². The fourth-order valence-electron chi connectivity index (χ4n) is 3.78. The first-order valence-corrected chi connectivity index (χ1v) is 10.4. The van der Waals surface area contributed by atoms with Crippen LogP contribution >= 0.6 is 11.3 Å². The van der Waals surface area contributed by atoms with Crippen molar-refractivity contribution < 1.29 is 9.15 Å². The first kappa shape index (κ1) is 17.4. The molecule has 1 aromatic carbocycles. The van der Waals surface area contributed by atoms with Gasteiger partial charge in [-0.15, -0.1) is 11.3 Å². The van der Waals surface area contributed by atoms with Gasteiger partial charge in [-0.25, -0.2) is 9.97 Å². The average molecular weight is 391 g/mol. The zero-order chi connectivity index (χ0) is 18.8. The Morgan fingerprint density at radius 1 is 1.11 bits per heavy atom. The second-order valence-corrected chi connectivity index (χ2v) is 7.85. The van der Waals surface area contributed by atoms with Crippen molar-refractivity contribution >= 4 is 27.4 Å². The summed E-state index contributed by atoms with van der Waals surface area (Å²) >= 11 is 1.66. The van der Waals surface area contributed by atoms with E-state index in [1.807, 2.05) is 18.2 Å². The lowest BCUT2D eigenvalue weighted by Crippen LogP contribution is -2.32. The second-order valence-electron chi connectivity index (χ2n) is 6.99. The Balaban J connectivity index is 1.60. The first-order chi connectivity index (χ1) is 13.9. The Bertz CT molecular complexity index is 1040. The summed E-state index contributed by atoms with van der Waals surface area (Å²) in [4.78, 5) is 12.5. The minimum absolute atomic E-state index is 0.221. The summed E-state index contributed by atoms with van der Waals surface area (Å²) in [7, 11) is 0. The number of thiophene rings is 1. The molecule has 0 amide bonds. The van der Waals surface area contributed by atoms with E-state index >= 15 is 0 Å². The number of furan rings is 1. The number of hydrogen-bond donors (Lipinski definition) is 0. The molecule has 6 heteroatoms. The van der Waals surface area contributed by atoms with Crippen molar-refractivity contribution in [1.82, 2.24) is 9.97 Å². The van der Waals surface area contributed by atoms with Crippen LogP contribution < -0.4 is 4.90 Å². The summed E-state index contributed by atoms with van der Waals surface area (Å²) in [6.45, 7) is 2.28. The van der Waals surface area contributed by atoms with Crippen LogP contribution in [-0.4, -0.2) is 29.2 Å². The highest BCUT2D eigenvalue weighted by molar-refractivity contribution is 7.17. The molecule has 4 aromatic rings. The predicted octanol–water partition coefficient (Wildman–Crippen LogP) is 5.14. The molecule has 0 radical (unpaired) electrons. The van der Waals surface area contributed by atoms with Gasteiger partial charge in [-0.2, -0.15) is 0 Å². The van der Waals surface area contributed by atoms with E-state index in [9.17, 15) is 0 Å². The monoisotopic (exact) mass is 391 g/mol. The minimum Gasteiger partial charge on any atom is -0.467 e. The molecule has 3 aromatic heterocycles. The third-order valence-corrected chi connectivity index (χ3v) is 6.00. The Kier molecular flexibility index (Phi) is 4.81. The Morgan fingerprint density at radius 2 is 2.04 bits per heavy atom. The molecule has 28 heavy (non-hydrogen) atoms. The van der Waals surface area contributed by atoms with Crippen molar-refractivity contribution in [2.24, 2.45) is 0 Å². The largest absolute Gasteiger partial charge is 0.467 e. The van der Waals surface area contributed by atoms with E-state index in [2.05, 4.69) is 39.5 Å². The molecule has 5 rings (SSSR count). The SMILES string of the molecule is c1ccc(-c2csc3ncnc(N(Cc4ccco4)CC4CCCO4)c23)cc1. The molecule has 1 saturated heterocycles. The van der Waals surface area contributed by atoms with Gasteiger partial charge in [-0.3, -0.25) is 0 Å². The molecule has 1 atom stereocenters. The van der Waals surface area contributed by atoms with E-state index in [0.717, 1.165) is 47.8 Å². The summed E-state index contributed by atoms with van der Waals surface area (Å²) in [5.74, 6) is 1.86. The smallest absolute Gasteiger partial charge is 0.141 e. The lowest BCUT2D eigenvalue weighted by Gasteiger charge is -2.26. The van der Waals surface area contributed by atoms with Crippen molar-refractivity contribution in [3.63, 3.8) is 0 Å². The molecule has 0 N–H and O–H groups in total. The molecular weight excluding hydrogens is 370 g/mol. The van der Waals surface area contributed by atoms with E-state index in [1.54, 1.807) is 23.9 Å². The summed E-state index contributed by atoms with van der Waals surface area (Å²) < 4.78 is 11.6. The lowest BCUT2D eigenvalue weighted by atomic mass is 10.1. The van der Waals surface area contributed by atoms with Crippen LogP contribution in [0.1, 0.15) is 18.6 Å². The second kappa shape index (κ2) is 7.73. The lowest BCUT2D eigenvalue weighted by molar-refractivity contribution is 0.115. The van der Waals surface area contributed by atoms with Crippen molar-refractivity contribution in [1.29, 1.82) is 0 Å². The van der Waals surface area contributed by atoms with E-state index in [1.165, 1.54) is 11.1 Å². The van der Waals surface area contributed by atoms with Crippen LogP contribution in [-0.2, 0) is 11.3 Å². The highest BCUT2D eigenvalue weighted by Crippen LogP contribution is 2.38. The number of aromatic nitrogens is 2. The molecule has 1 fully saturated rings. The molecular formula is C22H21N3O2S. The molecule has 4 heterocycles. The maximum Gasteiger partial charge on any atom is 0.141 e. The zero-order valence-corrected chi connectivity index (χ0v) is 16.3. The summed E-state index contributed by atoms with van der Waals surface area (Å²) in [6.07, 6.45) is 5.80. The molecule has 1 aliphatic heterocycles. The van der Waals surface area contributed by atoms with Gasteiger partial charge in [0.1, 0.15) is 22.7 Å². The Morgan fingerprint density at radius 3 is 2.82 bits per heavy atom. The maximum atomic E-state index is 5.92. The maximum absolute atomic E-state index is 5.92. The topological polar surface area (TPSA) is 51.4 Å². The fourth-order valence-corrected chi connectivity index (χ4v) is 4.69. The van der Waals surface area contributed by atoms with Crippen LogP contribution in [0.4, 0.5) is 5.82 Å². The predicted molar refractivity (Wildman–Crippen MR) is 112 cm³/mol. The molecule has 0 aliphatic carbocycles. The number of benzene rings is 1. The van der Waals surface area contributed by atoms with Gasteiger partial charge in [0.15, 0.2) is 0 Å². The van der Waals surface area contributed by atoms with Crippen LogP contribution in [0.25, 0.3) is 21.3 Å². The summed E-state index contributed by atoms with van der Waals surface area (Å²) in [6, 6.07) is 14.4. The standard InChI is InChI=1S/C22H21N3O2S/c1-2-6-16(7-3-1)19-14-28-22-20(19)21(23-15-24-22)25(12-17-8-4-10-26-17)13-18-9-5-11-27-18/h1-4,6-8,10,14-15,18H,5,9,11-13H2. The molecule has 0 spiro atoms. The molecule has 5 nitrogen and oxygen atoms in total. The van der Waals surface area contributed by atoms with E-state index < -0.39 is 0 Å². The van der Waals surface area contributed by atoms with Gasteiger partial charge in [-0.05, 0) is 30.5 Å². The van der Waals surface area contributed by atoms with Crippen LogP contribution in [0.3, 0.4) is 0 Å². The van der Waals surface area contributed by atoms with Gasteiger partial charge >= 0.3 is 0 Å². The highest BCUT2D eigenvalue weighted by Gasteiger charge is 2.24. The van der Waals surface area contributed by atoms with Gasteiger partial charge in [0.25, 0.3) is 0 Å².